The summed E-state index contributed by atoms with van der Waals surface area (Å²) in [4.78, 5) is 16.9. The predicted octanol–water partition coefficient (Wildman–Crippen LogP) is 2.07. The van der Waals surface area contributed by atoms with E-state index in [1.54, 1.807) is 0 Å². The van der Waals surface area contributed by atoms with Gasteiger partial charge in [-0.05, 0) is 53.5 Å². The van der Waals surface area contributed by atoms with E-state index in [0.717, 1.165) is 39.0 Å². The number of amides is 1. The Morgan fingerprint density at radius 3 is 2.43 bits per heavy atom. The molecule has 0 bridgehead atoms. The van der Waals surface area contributed by atoms with Gasteiger partial charge < -0.3 is 15.0 Å². The van der Waals surface area contributed by atoms with Crippen LogP contribution in [-0.4, -0.2) is 66.8 Å². The molecule has 0 aromatic heterocycles. The first-order valence-corrected chi connectivity index (χ1v) is 8.25. The van der Waals surface area contributed by atoms with Crippen molar-refractivity contribution in [1.29, 1.82) is 0 Å². The lowest BCUT2D eigenvalue weighted by Gasteiger charge is -2.41. The van der Waals surface area contributed by atoms with Gasteiger partial charge in [0.25, 0.3) is 0 Å². The fraction of sp³-hybridized carbons (Fsp3) is 0.938. The molecule has 2 aliphatic rings. The Morgan fingerprint density at radius 2 is 1.81 bits per heavy atom. The summed E-state index contributed by atoms with van der Waals surface area (Å²) in [6.07, 6.45) is 4.31. The number of piperazine rings is 1. The molecule has 0 spiro atoms. The molecule has 1 N–H and O–H groups in total. The third kappa shape index (κ3) is 5.47. The first kappa shape index (κ1) is 16.6. The number of carbonyl (C=O) groups is 1. The highest BCUT2D eigenvalue weighted by atomic mass is 16.6. The lowest BCUT2D eigenvalue weighted by Crippen LogP contribution is -2.52. The molecule has 1 saturated carbocycles. The molecule has 2 fully saturated rings. The van der Waals surface area contributed by atoms with Crippen molar-refractivity contribution in [3.8, 4) is 0 Å². The summed E-state index contributed by atoms with van der Waals surface area (Å²) >= 11 is 0. The standard InChI is InChI=1S/C16H31N3O2/c1-16(2,3)21-15(20)17-13-6-5-7-14(12-13)19-10-8-18(4)9-11-19/h13-14H,5-12H2,1-4H3,(H,17,20)/t13-,14?/m1/s1. The second-order valence-electron chi connectivity index (χ2n) is 7.50. The zero-order chi connectivity index (χ0) is 15.5. The maximum Gasteiger partial charge on any atom is 0.407 e. The molecule has 0 aromatic rings. The number of carbonyl (C=O) groups excluding carboxylic acids is 1. The van der Waals surface area contributed by atoms with Crippen LogP contribution < -0.4 is 5.32 Å². The van der Waals surface area contributed by atoms with Crippen molar-refractivity contribution in [2.24, 2.45) is 0 Å². The summed E-state index contributed by atoms with van der Waals surface area (Å²) in [5.74, 6) is 0. The molecule has 1 aliphatic carbocycles. The molecule has 0 aromatic carbocycles. The Labute approximate surface area is 129 Å². The monoisotopic (exact) mass is 297 g/mol. The zero-order valence-corrected chi connectivity index (χ0v) is 14.0. The van der Waals surface area contributed by atoms with E-state index in [4.69, 9.17) is 4.74 Å². The van der Waals surface area contributed by atoms with Gasteiger partial charge in [-0.15, -0.1) is 0 Å². The first-order chi connectivity index (χ1) is 9.83. The number of hydrogen-bond donors (Lipinski definition) is 1. The van der Waals surface area contributed by atoms with E-state index in [1.807, 2.05) is 20.8 Å². The lowest BCUT2D eigenvalue weighted by atomic mass is 9.89. The average Bonchev–Trinajstić information content (AvgIpc) is 2.37. The second kappa shape index (κ2) is 6.97. The van der Waals surface area contributed by atoms with Crippen LogP contribution in [0.3, 0.4) is 0 Å². The molecule has 21 heavy (non-hydrogen) atoms. The van der Waals surface area contributed by atoms with Crippen LogP contribution in [0.2, 0.25) is 0 Å². The van der Waals surface area contributed by atoms with E-state index in [2.05, 4.69) is 22.2 Å². The summed E-state index contributed by atoms with van der Waals surface area (Å²) in [6, 6.07) is 0.880. The fourth-order valence-electron chi connectivity index (χ4n) is 3.29. The summed E-state index contributed by atoms with van der Waals surface area (Å²) in [7, 11) is 2.19. The lowest BCUT2D eigenvalue weighted by molar-refractivity contribution is 0.0445. The van der Waals surface area contributed by atoms with Gasteiger partial charge in [0.05, 0.1) is 0 Å². The van der Waals surface area contributed by atoms with Gasteiger partial charge in [0.1, 0.15) is 5.60 Å². The summed E-state index contributed by atoms with van der Waals surface area (Å²) < 4.78 is 5.36. The Balaban J connectivity index is 1.79. The zero-order valence-electron chi connectivity index (χ0n) is 14.0. The number of nitrogens with zero attached hydrogens (tertiary/aromatic N) is 2. The van der Waals surface area contributed by atoms with E-state index < -0.39 is 5.60 Å². The third-order valence-corrected chi connectivity index (χ3v) is 4.42. The van der Waals surface area contributed by atoms with Gasteiger partial charge in [-0.3, -0.25) is 4.90 Å². The van der Waals surface area contributed by atoms with Crippen molar-refractivity contribution >= 4 is 6.09 Å². The van der Waals surface area contributed by atoms with Crippen LogP contribution >= 0.6 is 0 Å². The van der Waals surface area contributed by atoms with Gasteiger partial charge >= 0.3 is 6.09 Å². The van der Waals surface area contributed by atoms with E-state index >= 15 is 0 Å². The van der Waals surface area contributed by atoms with Crippen LogP contribution in [0.4, 0.5) is 4.79 Å². The molecule has 1 saturated heterocycles. The van der Waals surface area contributed by atoms with Crippen LogP contribution in [0.25, 0.3) is 0 Å². The number of ether oxygens (including phenoxy) is 1. The molecule has 1 aliphatic heterocycles. The number of hydrogen-bond acceptors (Lipinski definition) is 4. The smallest absolute Gasteiger partial charge is 0.407 e. The van der Waals surface area contributed by atoms with Crippen LogP contribution in [0.15, 0.2) is 0 Å². The van der Waals surface area contributed by atoms with E-state index in [9.17, 15) is 4.79 Å². The molecule has 5 heteroatoms. The average molecular weight is 297 g/mol. The second-order valence-corrected chi connectivity index (χ2v) is 7.50. The molecule has 1 heterocycles. The number of rotatable bonds is 2. The molecular formula is C16H31N3O2. The molecule has 122 valence electrons. The highest BCUT2D eigenvalue weighted by Gasteiger charge is 2.30. The quantitative estimate of drug-likeness (QED) is 0.847. The Bertz CT molecular complexity index is 346. The maximum absolute atomic E-state index is 11.9. The van der Waals surface area contributed by atoms with Crippen molar-refractivity contribution in [3.05, 3.63) is 0 Å². The fourth-order valence-corrected chi connectivity index (χ4v) is 3.29. The first-order valence-electron chi connectivity index (χ1n) is 8.25. The maximum atomic E-state index is 11.9. The Kier molecular flexibility index (Phi) is 5.49. The summed E-state index contributed by atoms with van der Waals surface area (Å²) in [5.41, 5.74) is -0.421. The van der Waals surface area contributed by atoms with Gasteiger partial charge in [-0.2, -0.15) is 0 Å². The van der Waals surface area contributed by atoms with Crippen molar-refractivity contribution in [2.75, 3.05) is 33.2 Å². The largest absolute Gasteiger partial charge is 0.444 e. The molecule has 5 nitrogen and oxygen atoms in total. The van der Waals surface area contributed by atoms with Crippen LogP contribution in [-0.2, 0) is 4.74 Å². The van der Waals surface area contributed by atoms with Gasteiger partial charge in [0, 0.05) is 38.3 Å². The number of likely N-dealkylation sites (N-methyl/N-ethyl adjacent to an activating group) is 1. The SMILES string of the molecule is CN1CCN(C2CCC[C@@H](NC(=O)OC(C)(C)C)C2)CC1. The van der Waals surface area contributed by atoms with Crippen molar-refractivity contribution in [2.45, 2.75) is 64.1 Å². The summed E-state index contributed by atoms with van der Waals surface area (Å²) in [5, 5.41) is 3.06. The van der Waals surface area contributed by atoms with Gasteiger partial charge in [-0.25, -0.2) is 4.79 Å². The van der Waals surface area contributed by atoms with Crippen LogP contribution in [0.5, 0.6) is 0 Å². The van der Waals surface area contributed by atoms with Crippen molar-refractivity contribution in [3.63, 3.8) is 0 Å². The highest BCUT2D eigenvalue weighted by Crippen LogP contribution is 2.24. The predicted molar refractivity (Wildman–Crippen MR) is 84.5 cm³/mol. The van der Waals surface area contributed by atoms with Gasteiger partial charge in [0.2, 0.25) is 0 Å². The minimum atomic E-state index is -0.421. The van der Waals surface area contributed by atoms with Crippen molar-refractivity contribution in [1.82, 2.24) is 15.1 Å². The molecular weight excluding hydrogens is 266 g/mol. The van der Waals surface area contributed by atoms with E-state index in [1.165, 1.54) is 12.8 Å². The summed E-state index contributed by atoms with van der Waals surface area (Å²) in [6.45, 7) is 10.3. The third-order valence-electron chi connectivity index (χ3n) is 4.42. The molecule has 2 rings (SSSR count). The molecule has 0 radical (unpaired) electrons. The minimum Gasteiger partial charge on any atom is -0.444 e. The minimum absolute atomic E-state index is 0.262. The van der Waals surface area contributed by atoms with Crippen LogP contribution in [0.1, 0.15) is 46.5 Å². The van der Waals surface area contributed by atoms with Gasteiger partial charge in [0.15, 0.2) is 0 Å². The highest BCUT2D eigenvalue weighted by molar-refractivity contribution is 5.68. The molecule has 1 unspecified atom stereocenters. The van der Waals surface area contributed by atoms with Crippen LogP contribution in [0, 0.1) is 0 Å². The molecule has 2 atom stereocenters. The van der Waals surface area contributed by atoms with Gasteiger partial charge in [-0.1, -0.05) is 0 Å². The topological polar surface area (TPSA) is 44.8 Å². The number of alkyl carbamates (subject to hydrolysis) is 1. The Hall–Kier alpha value is -0.810. The van der Waals surface area contributed by atoms with E-state index in [0.29, 0.717) is 6.04 Å². The Morgan fingerprint density at radius 1 is 1.14 bits per heavy atom. The van der Waals surface area contributed by atoms with E-state index in [-0.39, 0.29) is 12.1 Å². The number of nitrogens with one attached hydrogen (secondary N) is 1. The normalized spacial score (nSPS) is 29.1. The van der Waals surface area contributed by atoms with Crippen molar-refractivity contribution < 1.29 is 9.53 Å². The molecule has 1 amide bonds.